The second-order valence-electron chi connectivity index (χ2n) is 4.26. The van der Waals surface area contributed by atoms with Crippen molar-refractivity contribution in [2.45, 2.75) is 44.8 Å². The molecule has 1 unspecified atom stereocenters. The highest BCUT2D eigenvalue weighted by Crippen LogP contribution is 2.18. The molecule has 0 aromatic heterocycles. The van der Waals surface area contributed by atoms with Crippen molar-refractivity contribution in [3.63, 3.8) is 0 Å². The molecule has 0 spiro atoms. The van der Waals surface area contributed by atoms with Gasteiger partial charge in [-0.1, -0.05) is 5.16 Å². The molecule has 0 radical (unpaired) electrons. The van der Waals surface area contributed by atoms with Gasteiger partial charge < -0.3 is 21.4 Å². The van der Waals surface area contributed by atoms with Gasteiger partial charge in [0, 0.05) is 6.04 Å². The molecular weight excluding hydrogens is 210 g/mol. The molecule has 1 aliphatic carbocycles. The molecule has 16 heavy (non-hydrogen) atoms. The van der Waals surface area contributed by atoms with Crippen LogP contribution in [-0.2, 0) is 4.79 Å². The van der Waals surface area contributed by atoms with E-state index in [0.717, 1.165) is 12.8 Å². The molecule has 1 rings (SSSR count). The molecule has 6 heteroatoms. The molecule has 0 saturated heterocycles. The van der Waals surface area contributed by atoms with Crippen molar-refractivity contribution < 1.29 is 15.1 Å². The zero-order valence-corrected chi connectivity index (χ0v) is 9.39. The highest BCUT2D eigenvalue weighted by atomic mass is 16.4. The number of carbonyl (C=O) groups excluding carboxylic acids is 1. The lowest BCUT2D eigenvalue weighted by atomic mass is 9.92. The normalized spacial score (nSPS) is 28.5. The van der Waals surface area contributed by atoms with E-state index in [0.29, 0.717) is 12.8 Å². The summed E-state index contributed by atoms with van der Waals surface area (Å²) in [6.07, 6.45) is 2.73. The minimum absolute atomic E-state index is 0.0878. The van der Waals surface area contributed by atoms with Crippen LogP contribution in [-0.4, -0.2) is 34.2 Å². The number of amides is 1. The fraction of sp³-hybridized carbons (Fsp3) is 0.800. The van der Waals surface area contributed by atoms with E-state index in [1.807, 2.05) is 0 Å². The van der Waals surface area contributed by atoms with Crippen molar-refractivity contribution >= 4 is 11.7 Å². The van der Waals surface area contributed by atoms with Crippen LogP contribution in [0, 0.1) is 5.92 Å². The van der Waals surface area contributed by atoms with Crippen LogP contribution in [0.15, 0.2) is 5.16 Å². The molecule has 1 amide bonds. The lowest BCUT2D eigenvalue weighted by Crippen LogP contribution is -2.44. The van der Waals surface area contributed by atoms with Gasteiger partial charge in [0.05, 0.1) is 12.0 Å². The maximum absolute atomic E-state index is 11.6. The Morgan fingerprint density at radius 2 is 2.00 bits per heavy atom. The summed E-state index contributed by atoms with van der Waals surface area (Å²) in [5, 5.41) is 23.4. The van der Waals surface area contributed by atoms with E-state index < -0.39 is 5.92 Å². The lowest BCUT2D eigenvalue weighted by molar-refractivity contribution is -0.123. The topological polar surface area (TPSA) is 108 Å². The molecule has 0 aliphatic heterocycles. The van der Waals surface area contributed by atoms with Crippen LogP contribution in [0.1, 0.15) is 32.6 Å². The van der Waals surface area contributed by atoms with Gasteiger partial charge in [0.1, 0.15) is 0 Å². The average molecular weight is 229 g/mol. The molecule has 1 fully saturated rings. The Bertz CT molecular complexity index is 272. The van der Waals surface area contributed by atoms with Gasteiger partial charge >= 0.3 is 0 Å². The van der Waals surface area contributed by atoms with Gasteiger partial charge in [0.15, 0.2) is 5.84 Å². The number of nitrogens with two attached hydrogens (primary N) is 1. The summed E-state index contributed by atoms with van der Waals surface area (Å²) < 4.78 is 0. The van der Waals surface area contributed by atoms with Gasteiger partial charge in [0.2, 0.25) is 5.91 Å². The standard InChI is InChI=1S/C10H19N3O3/c1-6(9(11)13-16)10(15)12-7-2-4-8(14)5-3-7/h6-8,14,16H,2-5H2,1H3,(H2,11,13)(H,12,15). The van der Waals surface area contributed by atoms with E-state index >= 15 is 0 Å². The van der Waals surface area contributed by atoms with Crippen molar-refractivity contribution in [3.05, 3.63) is 0 Å². The summed E-state index contributed by atoms with van der Waals surface area (Å²) in [7, 11) is 0. The quantitative estimate of drug-likeness (QED) is 0.232. The van der Waals surface area contributed by atoms with Crippen molar-refractivity contribution in [1.82, 2.24) is 5.32 Å². The Morgan fingerprint density at radius 1 is 1.44 bits per heavy atom. The Balaban J connectivity index is 2.40. The highest BCUT2D eigenvalue weighted by Gasteiger charge is 2.24. The Labute approximate surface area is 94.5 Å². The Morgan fingerprint density at radius 3 is 2.50 bits per heavy atom. The average Bonchev–Trinajstić information content (AvgIpc) is 2.30. The minimum Gasteiger partial charge on any atom is -0.409 e. The second kappa shape index (κ2) is 5.69. The van der Waals surface area contributed by atoms with Crippen LogP contribution in [0.2, 0.25) is 0 Å². The zero-order valence-electron chi connectivity index (χ0n) is 9.39. The fourth-order valence-corrected chi connectivity index (χ4v) is 1.77. The smallest absolute Gasteiger partial charge is 0.230 e. The van der Waals surface area contributed by atoms with Gasteiger partial charge in [0.25, 0.3) is 0 Å². The molecule has 6 nitrogen and oxygen atoms in total. The van der Waals surface area contributed by atoms with E-state index in [1.165, 1.54) is 0 Å². The number of hydrogen-bond acceptors (Lipinski definition) is 4. The van der Waals surface area contributed by atoms with Crippen LogP contribution < -0.4 is 11.1 Å². The molecule has 0 aromatic carbocycles. The third kappa shape index (κ3) is 3.37. The van der Waals surface area contributed by atoms with Crippen LogP contribution in [0.25, 0.3) is 0 Å². The number of carbonyl (C=O) groups is 1. The van der Waals surface area contributed by atoms with E-state index in [9.17, 15) is 9.90 Å². The van der Waals surface area contributed by atoms with Crippen LogP contribution in [0.5, 0.6) is 0 Å². The molecule has 0 heterocycles. The number of amidine groups is 1. The van der Waals surface area contributed by atoms with Crippen molar-refractivity contribution in [1.29, 1.82) is 0 Å². The molecule has 1 atom stereocenters. The molecule has 0 bridgehead atoms. The third-order valence-electron chi connectivity index (χ3n) is 3.00. The first-order chi connectivity index (χ1) is 7.54. The van der Waals surface area contributed by atoms with Gasteiger partial charge in [-0.2, -0.15) is 0 Å². The van der Waals surface area contributed by atoms with Crippen molar-refractivity contribution in [2.75, 3.05) is 0 Å². The first-order valence-corrected chi connectivity index (χ1v) is 5.50. The molecule has 0 aromatic rings. The zero-order chi connectivity index (χ0) is 12.1. The summed E-state index contributed by atoms with van der Waals surface area (Å²) in [6.45, 7) is 1.59. The van der Waals surface area contributed by atoms with E-state index in [2.05, 4.69) is 10.5 Å². The number of rotatable bonds is 3. The number of nitrogens with zero attached hydrogens (tertiary/aromatic N) is 1. The van der Waals surface area contributed by atoms with Crippen LogP contribution in [0.4, 0.5) is 0 Å². The minimum atomic E-state index is -0.628. The molecule has 92 valence electrons. The Hall–Kier alpha value is -1.30. The van der Waals surface area contributed by atoms with E-state index in [1.54, 1.807) is 6.92 Å². The molecular formula is C10H19N3O3. The molecule has 1 saturated carbocycles. The number of nitrogens with one attached hydrogen (secondary N) is 1. The third-order valence-corrected chi connectivity index (χ3v) is 3.00. The predicted octanol–water partition coefficient (Wildman–Crippen LogP) is -0.211. The van der Waals surface area contributed by atoms with Gasteiger partial charge in [-0.3, -0.25) is 4.79 Å². The first kappa shape index (κ1) is 12.8. The predicted molar refractivity (Wildman–Crippen MR) is 59.0 cm³/mol. The summed E-state index contributed by atoms with van der Waals surface area (Å²) >= 11 is 0. The number of aliphatic hydroxyl groups is 1. The second-order valence-corrected chi connectivity index (χ2v) is 4.26. The lowest BCUT2D eigenvalue weighted by Gasteiger charge is -2.27. The summed E-state index contributed by atoms with van der Waals surface area (Å²) in [6, 6.07) is 0.0878. The number of hydrogen-bond donors (Lipinski definition) is 4. The largest absolute Gasteiger partial charge is 0.409 e. The molecule has 1 aliphatic rings. The summed E-state index contributed by atoms with van der Waals surface area (Å²) in [5.74, 6) is -0.957. The monoisotopic (exact) mass is 229 g/mol. The van der Waals surface area contributed by atoms with Crippen LogP contribution in [0.3, 0.4) is 0 Å². The number of oxime groups is 1. The SMILES string of the molecule is CC(C(=O)NC1CCC(O)CC1)C(N)=NO. The van der Waals surface area contributed by atoms with Gasteiger partial charge in [-0.05, 0) is 32.6 Å². The van der Waals surface area contributed by atoms with Crippen LogP contribution >= 0.6 is 0 Å². The molecule has 5 N–H and O–H groups in total. The Kier molecular flexibility index (Phi) is 4.54. The summed E-state index contributed by atoms with van der Waals surface area (Å²) in [4.78, 5) is 11.6. The van der Waals surface area contributed by atoms with Gasteiger partial charge in [-0.15, -0.1) is 0 Å². The highest BCUT2D eigenvalue weighted by molar-refractivity contribution is 6.01. The number of aliphatic hydroxyl groups excluding tert-OH is 1. The van der Waals surface area contributed by atoms with Gasteiger partial charge in [-0.25, -0.2) is 0 Å². The van der Waals surface area contributed by atoms with Crippen molar-refractivity contribution in [3.8, 4) is 0 Å². The fourth-order valence-electron chi connectivity index (χ4n) is 1.77. The van der Waals surface area contributed by atoms with Crippen molar-refractivity contribution in [2.24, 2.45) is 16.8 Å². The van der Waals surface area contributed by atoms with E-state index in [4.69, 9.17) is 10.9 Å². The summed E-state index contributed by atoms with van der Waals surface area (Å²) in [5.41, 5.74) is 5.34. The van der Waals surface area contributed by atoms with E-state index in [-0.39, 0.29) is 23.9 Å². The maximum atomic E-state index is 11.6. The maximum Gasteiger partial charge on any atom is 0.230 e. The first-order valence-electron chi connectivity index (χ1n) is 5.50.